The summed E-state index contributed by atoms with van der Waals surface area (Å²) in [4.78, 5) is 17.0. The van der Waals surface area contributed by atoms with Gasteiger partial charge in [-0.3, -0.25) is 9.78 Å². The Morgan fingerprint density at radius 2 is 1.89 bits per heavy atom. The van der Waals surface area contributed by atoms with Crippen LogP contribution in [0.4, 0.5) is 0 Å². The number of rotatable bonds is 5. The van der Waals surface area contributed by atoms with E-state index in [9.17, 15) is 4.79 Å². The number of nitrogens with zero attached hydrogens (tertiary/aromatic N) is 4. The first-order valence-electron chi connectivity index (χ1n) is 8.23. The van der Waals surface area contributed by atoms with E-state index < -0.39 is 0 Å². The van der Waals surface area contributed by atoms with Crippen molar-refractivity contribution < 1.29 is 4.79 Å². The number of para-hydroxylation sites is 1. The normalized spacial score (nSPS) is 11.0. The van der Waals surface area contributed by atoms with Crippen molar-refractivity contribution in [1.82, 2.24) is 20.2 Å². The zero-order valence-corrected chi connectivity index (χ0v) is 15.0. The summed E-state index contributed by atoms with van der Waals surface area (Å²) in [6, 6.07) is 17.1. The molecule has 132 valence electrons. The van der Waals surface area contributed by atoms with Gasteiger partial charge >= 0.3 is 0 Å². The molecule has 0 bridgehead atoms. The predicted molar refractivity (Wildman–Crippen MR) is 106 cm³/mol. The second kappa shape index (κ2) is 7.76. The van der Waals surface area contributed by atoms with Crippen molar-refractivity contribution in [1.29, 1.82) is 0 Å². The van der Waals surface area contributed by atoms with Gasteiger partial charge in [0.1, 0.15) is 5.69 Å². The standard InChI is InChI=1S/C20H15N5OS/c26-20(15-8-10-21-11-9-15)23-22-13-16-14-25(17-5-2-1-3-6-17)24-19(16)18-7-4-12-27-18/h1-14H,(H,23,26)/b22-13-. The maximum Gasteiger partial charge on any atom is 0.271 e. The van der Waals surface area contributed by atoms with E-state index in [1.807, 2.05) is 54.0 Å². The summed E-state index contributed by atoms with van der Waals surface area (Å²) in [5.41, 5.74) is 5.62. The van der Waals surface area contributed by atoms with Crippen molar-refractivity contribution in [2.45, 2.75) is 0 Å². The van der Waals surface area contributed by atoms with Crippen LogP contribution in [0, 0.1) is 0 Å². The highest BCUT2D eigenvalue weighted by Gasteiger charge is 2.12. The molecule has 27 heavy (non-hydrogen) atoms. The van der Waals surface area contributed by atoms with E-state index >= 15 is 0 Å². The molecule has 0 aliphatic rings. The Balaban J connectivity index is 1.61. The van der Waals surface area contributed by atoms with Gasteiger partial charge in [0.2, 0.25) is 0 Å². The first-order valence-corrected chi connectivity index (χ1v) is 9.11. The molecule has 6 nitrogen and oxygen atoms in total. The van der Waals surface area contributed by atoms with Gasteiger partial charge in [-0.15, -0.1) is 11.3 Å². The number of aromatic nitrogens is 3. The number of hydrogen-bond donors (Lipinski definition) is 1. The SMILES string of the molecule is O=C(N/N=C\c1cn(-c2ccccc2)nc1-c1cccs1)c1ccncc1. The fraction of sp³-hybridized carbons (Fsp3) is 0. The van der Waals surface area contributed by atoms with Gasteiger partial charge in [-0.05, 0) is 35.7 Å². The lowest BCUT2D eigenvalue weighted by atomic mass is 10.2. The molecule has 3 heterocycles. The molecule has 0 radical (unpaired) electrons. The van der Waals surface area contributed by atoms with Gasteiger partial charge in [0.05, 0.1) is 16.8 Å². The molecule has 0 spiro atoms. The summed E-state index contributed by atoms with van der Waals surface area (Å²) in [5, 5.41) is 10.8. The van der Waals surface area contributed by atoms with Crippen molar-refractivity contribution >= 4 is 23.5 Å². The molecule has 1 N–H and O–H groups in total. The quantitative estimate of drug-likeness (QED) is 0.428. The summed E-state index contributed by atoms with van der Waals surface area (Å²) in [5.74, 6) is -0.290. The molecule has 7 heteroatoms. The number of carbonyl (C=O) groups excluding carboxylic acids is 1. The number of hydrazone groups is 1. The Morgan fingerprint density at radius 3 is 2.63 bits per heavy atom. The number of nitrogens with one attached hydrogen (secondary N) is 1. The highest BCUT2D eigenvalue weighted by Crippen LogP contribution is 2.26. The lowest BCUT2D eigenvalue weighted by Crippen LogP contribution is -2.17. The van der Waals surface area contributed by atoms with Crippen LogP contribution in [0.1, 0.15) is 15.9 Å². The van der Waals surface area contributed by atoms with Gasteiger partial charge in [0.25, 0.3) is 5.91 Å². The van der Waals surface area contributed by atoms with E-state index in [2.05, 4.69) is 15.5 Å². The van der Waals surface area contributed by atoms with Crippen LogP contribution in [0.25, 0.3) is 16.3 Å². The first kappa shape index (κ1) is 16.9. The van der Waals surface area contributed by atoms with Crippen molar-refractivity contribution in [2.24, 2.45) is 5.10 Å². The van der Waals surface area contributed by atoms with Gasteiger partial charge in [-0.2, -0.15) is 10.2 Å². The summed E-state index contributed by atoms with van der Waals surface area (Å²) >= 11 is 1.60. The van der Waals surface area contributed by atoms with E-state index in [-0.39, 0.29) is 5.91 Å². The molecule has 0 atom stereocenters. The van der Waals surface area contributed by atoms with E-state index in [1.54, 1.807) is 46.8 Å². The molecular formula is C20H15N5OS. The monoisotopic (exact) mass is 373 g/mol. The van der Waals surface area contributed by atoms with E-state index in [0.717, 1.165) is 21.8 Å². The Kier molecular flexibility index (Phi) is 4.84. The van der Waals surface area contributed by atoms with E-state index in [0.29, 0.717) is 5.56 Å². The highest BCUT2D eigenvalue weighted by atomic mass is 32.1. The molecule has 0 saturated carbocycles. The average molecular weight is 373 g/mol. The minimum Gasteiger partial charge on any atom is -0.267 e. The molecule has 0 aliphatic heterocycles. The fourth-order valence-electron chi connectivity index (χ4n) is 2.53. The number of amides is 1. The van der Waals surface area contributed by atoms with Gasteiger partial charge in [-0.25, -0.2) is 10.1 Å². The summed E-state index contributed by atoms with van der Waals surface area (Å²) in [7, 11) is 0. The van der Waals surface area contributed by atoms with Crippen molar-refractivity contribution in [3.05, 3.63) is 89.7 Å². The van der Waals surface area contributed by atoms with Crippen LogP contribution < -0.4 is 5.43 Å². The van der Waals surface area contributed by atoms with Gasteiger partial charge < -0.3 is 0 Å². The second-order valence-corrected chi connectivity index (χ2v) is 6.57. The van der Waals surface area contributed by atoms with Crippen LogP contribution in [0.15, 0.2) is 83.7 Å². The second-order valence-electron chi connectivity index (χ2n) is 5.63. The van der Waals surface area contributed by atoms with Gasteiger partial charge in [0, 0.05) is 29.7 Å². The van der Waals surface area contributed by atoms with Crippen LogP contribution >= 0.6 is 11.3 Å². The fourth-order valence-corrected chi connectivity index (χ4v) is 3.26. The number of benzene rings is 1. The average Bonchev–Trinajstić information content (AvgIpc) is 3.39. The topological polar surface area (TPSA) is 72.2 Å². The van der Waals surface area contributed by atoms with Crippen LogP contribution in [-0.2, 0) is 0 Å². The van der Waals surface area contributed by atoms with E-state index in [4.69, 9.17) is 5.10 Å². The Morgan fingerprint density at radius 1 is 1.07 bits per heavy atom. The summed E-state index contributed by atoms with van der Waals surface area (Å²) < 4.78 is 1.81. The molecule has 0 unspecified atom stereocenters. The van der Waals surface area contributed by atoms with Crippen molar-refractivity contribution in [2.75, 3.05) is 0 Å². The lowest BCUT2D eigenvalue weighted by molar-refractivity contribution is 0.0955. The zero-order valence-electron chi connectivity index (χ0n) is 14.2. The Hall–Kier alpha value is -3.58. The molecule has 3 aromatic heterocycles. The maximum atomic E-state index is 12.1. The third-order valence-corrected chi connectivity index (χ3v) is 4.71. The Labute approximate surface area is 159 Å². The third kappa shape index (κ3) is 3.83. The number of hydrogen-bond acceptors (Lipinski definition) is 5. The summed E-state index contributed by atoms with van der Waals surface area (Å²) in [6.07, 6.45) is 6.64. The summed E-state index contributed by atoms with van der Waals surface area (Å²) in [6.45, 7) is 0. The van der Waals surface area contributed by atoms with Gasteiger partial charge in [0.15, 0.2) is 0 Å². The largest absolute Gasteiger partial charge is 0.271 e. The molecule has 0 aliphatic carbocycles. The molecule has 4 rings (SSSR count). The van der Waals surface area contributed by atoms with Crippen molar-refractivity contribution in [3.8, 4) is 16.3 Å². The highest BCUT2D eigenvalue weighted by molar-refractivity contribution is 7.13. The van der Waals surface area contributed by atoms with Crippen LogP contribution in [-0.4, -0.2) is 26.9 Å². The molecule has 1 aromatic carbocycles. The van der Waals surface area contributed by atoms with Crippen molar-refractivity contribution in [3.63, 3.8) is 0 Å². The molecule has 0 saturated heterocycles. The zero-order chi connectivity index (χ0) is 18.5. The van der Waals surface area contributed by atoms with Crippen LogP contribution in [0.5, 0.6) is 0 Å². The molecular weight excluding hydrogens is 358 g/mol. The van der Waals surface area contributed by atoms with E-state index in [1.165, 1.54) is 0 Å². The molecule has 4 aromatic rings. The number of thiophene rings is 1. The third-order valence-electron chi connectivity index (χ3n) is 3.83. The minimum atomic E-state index is -0.290. The molecule has 1 amide bonds. The lowest BCUT2D eigenvalue weighted by Gasteiger charge is -1.98. The van der Waals surface area contributed by atoms with Crippen LogP contribution in [0.2, 0.25) is 0 Å². The predicted octanol–water partition coefficient (Wildman–Crippen LogP) is 3.76. The smallest absolute Gasteiger partial charge is 0.267 e. The molecule has 0 fully saturated rings. The number of pyridine rings is 1. The van der Waals surface area contributed by atoms with Gasteiger partial charge in [-0.1, -0.05) is 24.3 Å². The first-order chi connectivity index (χ1) is 13.3. The maximum absolute atomic E-state index is 12.1. The number of carbonyl (C=O) groups is 1. The Bertz CT molecular complexity index is 1060. The van der Waals surface area contributed by atoms with Crippen LogP contribution in [0.3, 0.4) is 0 Å². The minimum absolute atomic E-state index is 0.290.